The minimum absolute atomic E-state index is 0.386. The van der Waals surface area contributed by atoms with Crippen LogP contribution in [0.15, 0.2) is 42.5 Å². The fraction of sp³-hybridized carbons (Fsp3) is 0.250. The molecule has 2 rings (SSSR count). The van der Waals surface area contributed by atoms with Crippen molar-refractivity contribution < 1.29 is 5.11 Å². The highest BCUT2D eigenvalue weighted by Gasteiger charge is 2.12. The lowest BCUT2D eigenvalue weighted by Crippen LogP contribution is -2.13. The van der Waals surface area contributed by atoms with Crippen LogP contribution in [0.1, 0.15) is 24.2 Å². The number of rotatable bonds is 5. The molecule has 1 unspecified atom stereocenters. The lowest BCUT2D eigenvalue weighted by atomic mass is 10.1. The maximum Gasteiger partial charge on any atom is 0.0977 e. The first-order chi connectivity index (χ1) is 9.61. The standard InChI is InChI=1S/C16H17Cl2NO/c1-2-11-5-3-4-6-15(11)19-10-16(20)13-9-12(17)7-8-14(13)18/h3-9,16,19-20H,2,10H2,1H3. The minimum atomic E-state index is -0.703. The van der Waals surface area contributed by atoms with Gasteiger partial charge < -0.3 is 10.4 Å². The van der Waals surface area contributed by atoms with Crippen LogP contribution >= 0.6 is 23.2 Å². The van der Waals surface area contributed by atoms with Gasteiger partial charge in [0.1, 0.15) is 0 Å². The van der Waals surface area contributed by atoms with Gasteiger partial charge in [-0.15, -0.1) is 0 Å². The summed E-state index contributed by atoms with van der Waals surface area (Å²) < 4.78 is 0. The Morgan fingerprint density at radius 2 is 1.90 bits per heavy atom. The van der Waals surface area contributed by atoms with E-state index in [1.165, 1.54) is 5.56 Å². The van der Waals surface area contributed by atoms with Gasteiger partial charge in [0.25, 0.3) is 0 Å². The maximum atomic E-state index is 10.2. The van der Waals surface area contributed by atoms with Gasteiger partial charge in [0.15, 0.2) is 0 Å². The molecule has 2 aromatic carbocycles. The Labute approximate surface area is 129 Å². The Hall–Kier alpha value is -1.22. The summed E-state index contributed by atoms with van der Waals surface area (Å²) in [5.74, 6) is 0. The molecule has 2 nitrogen and oxygen atoms in total. The topological polar surface area (TPSA) is 32.3 Å². The average Bonchev–Trinajstić information content (AvgIpc) is 2.47. The summed E-state index contributed by atoms with van der Waals surface area (Å²) in [6.45, 7) is 2.49. The molecular weight excluding hydrogens is 293 g/mol. The summed E-state index contributed by atoms with van der Waals surface area (Å²) in [6, 6.07) is 13.2. The smallest absolute Gasteiger partial charge is 0.0977 e. The summed E-state index contributed by atoms with van der Waals surface area (Å²) in [6.07, 6.45) is 0.239. The highest BCUT2D eigenvalue weighted by Crippen LogP contribution is 2.27. The van der Waals surface area contributed by atoms with E-state index in [0.717, 1.165) is 12.1 Å². The minimum Gasteiger partial charge on any atom is -0.387 e. The number of aliphatic hydroxyl groups excluding tert-OH is 1. The highest BCUT2D eigenvalue weighted by molar-refractivity contribution is 6.33. The molecule has 0 aliphatic carbocycles. The van der Waals surface area contributed by atoms with Crippen LogP contribution in [0.5, 0.6) is 0 Å². The molecule has 2 aromatic rings. The van der Waals surface area contributed by atoms with Crippen LogP contribution in [0.2, 0.25) is 10.0 Å². The van der Waals surface area contributed by atoms with Crippen molar-refractivity contribution in [2.24, 2.45) is 0 Å². The Kier molecular flexibility index (Phi) is 5.30. The number of aliphatic hydroxyl groups is 1. The second-order valence-corrected chi connectivity index (χ2v) is 5.42. The summed E-state index contributed by atoms with van der Waals surface area (Å²) >= 11 is 12.0. The first-order valence-corrected chi connectivity index (χ1v) is 7.32. The lowest BCUT2D eigenvalue weighted by Gasteiger charge is -2.16. The third kappa shape index (κ3) is 3.66. The van der Waals surface area contributed by atoms with E-state index in [2.05, 4.69) is 18.3 Å². The molecule has 106 valence electrons. The van der Waals surface area contributed by atoms with E-state index in [-0.39, 0.29) is 0 Å². The second-order valence-electron chi connectivity index (χ2n) is 4.57. The molecule has 4 heteroatoms. The number of halogens is 2. The van der Waals surface area contributed by atoms with E-state index in [1.54, 1.807) is 18.2 Å². The van der Waals surface area contributed by atoms with E-state index >= 15 is 0 Å². The van der Waals surface area contributed by atoms with Crippen LogP contribution < -0.4 is 5.32 Å². The number of nitrogens with one attached hydrogen (secondary N) is 1. The molecule has 0 saturated carbocycles. The first-order valence-electron chi connectivity index (χ1n) is 6.56. The van der Waals surface area contributed by atoms with E-state index < -0.39 is 6.10 Å². The van der Waals surface area contributed by atoms with Gasteiger partial charge in [0, 0.05) is 27.8 Å². The molecule has 0 radical (unpaired) electrons. The second kappa shape index (κ2) is 6.98. The van der Waals surface area contributed by atoms with Crippen LogP contribution in [0.3, 0.4) is 0 Å². The monoisotopic (exact) mass is 309 g/mol. The molecule has 0 amide bonds. The van der Waals surface area contributed by atoms with Gasteiger partial charge in [0.2, 0.25) is 0 Å². The van der Waals surface area contributed by atoms with Gasteiger partial charge in [-0.25, -0.2) is 0 Å². The fourth-order valence-electron chi connectivity index (χ4n) is 2.09. The van der Waals surface area contributed by atoms with Crippen molar-refractivity contribution >= 4 is 28.9 Å². The molecule has 0 bridgehead atoms. The largest absolute Gasteiger partial charge is 0.387 e. The number of benzene rings is 2. The lowest BCUT2D eigenvalue weighted by molar-refractivity contribution is 0.191. The molecule has 2 N–H and O–H groups in total. The molecule has 0 fully saturated rings. The summed E-state index contributed by atoms with van der Waals surface area (Å²) in [4.78, 5) is 0. The molecule has 1 atom stereocenters. The molecule has 0 aliphatic rings. The molecule has 0 saturated heterocycles. The summed E-state index contributed by atoms with van der Waals surface area (Å²) in [5, 5.41) is 14.6. The van der Waals surface area contributed by atoms with Gasteiger partial charge in [-0.3, -0.25) is 0 Å². The van der Waals surface area contributed by atoms with Crippen LogP contribution in [-0.4, -0.2) is 11.7 Å². The van der Waals surface area contributed by atoms with E-state index in [0.29, 0.717) is 22.2 Å². The summed E-state index contributed by atoms with van der Waals surface area (Å²) in [5.41, 5.74) is 2.89. The van der Waals surface area contributed by atoms with E-state index in [1.807, 2.05) is 18.2 Å². The van der Waals surface area contributed by atoms with Crippen LogP contribution in [-0.2, 0) is 6.42 Å². The quantitative estimate of drug-likeness (QED) is 0.839. The average molecular weight is 310 g/mol. The van der Waals surface area contributed by atoms with Crippen molar-refractivity contribution in [3.63, 3.8) is 0 Å². The number of aryl methyl sites for hydroxylation is 1. The normalized spacial score (nSPS) is 12.2. The summed E-state index contributed by atoms with van der Waals surface area (Å²) in [7, 11) is 0. The number of para-hydroxylation sites is 1. The predicted octanol–water partition coefficient (Wildman–Crippen LogP) is 4.70. The SMILES string of the molecule is CCc1ccccc1NCC(O)c1cc(Cl)ccc1Cl. The van der Waals surface area contributed by atoms with Gasteiger partial charge in [-0.2, -0.15) is 0 Å². The zero-order valence-electron chi connectivity index (χ0n) is 11.2. The first kappa shape index (κ1) is 15.2. The Bertz CT molecular complexity index is 586. The van der Waals surface area contributed by atoms with Crippen molar-refractivity contribution in [3.8, 4) is 0 Å². The number of hydrogen-bond donors (Lipinski definition) is 2. The Balaban J connectivity index is 2.08. The van der Waals surface area contributed by atoms with Gasteiger partial charge >= 0.3 is 0 Å². The van der Waals surface area contributed by atoms with Crippen molar-refractivity contribution in [2.75, 3.05) is 11.9 Å². The fourth-order valence-corrected chi connectivity index (χ4v) is 2.51. The van der Waals surface area contributed by atoms with Crippen LogP contribution in [0, 0.1) is 0 Å². The third-order valence-electron chi connectivity index (χ3n) is 3.20. The van der Waals surface area contributed by atoms with Crippen LogP contribution in [0.4, 0.5) is 5.69 Å². The molecule has 0 aromatic heterocycles. The highest BCUT2D eigenvalue weighted by atomic mass is 35.5. The van der Waals surface area contributed by atoms with Crippen LogP contribution in [0.25, 0.3) is 0 Å². The van der Waals surface area contributed by atoms with Gasteiger partial charge in [-0.1, -0.05) is 48.3 Å². The van der Waals surface area contributed by atoms with E-state index in [9.17, 15) is 5.11 Å². The van der Waals surface area contributed by atoms with Gasteiger partial charge in [0.05, 0.1) is 6.10 Å². The number of hydrogen-bond acceptors (Lipinski definition) is 2. The van der Waals surface area contributed by atoms with Crippen molar-refractivity contribution in [2.45, 2.75) is 19.4 Å². The number of anilines is 1. The van der Waals surface area contributed by atoms with Gasteiger partial charge in [-0.05, 0) is 36.2 Å². The maximum absolute atomic E-state index is 10.2. The van der Waals surface area contributed by atoms with Crippen molar-refractivity contribution in [1.29, 1.82) is 0 Å². The Morgan fingerprint density at radius 1 is 1.15 bits per heavy atom. The Morgan fingerprint density at radius 3 is 2.65 bits per heavy atom. The predicted molar refractivity (Wildman–Crippen MR) is 85.7 cm³/mol. The van der Waals surface area contributed by atoms with Crippen molar-refractivity contribution in [3.05, 3.63) is 63.6 Å². The van der Waals surface area contributed by atoms with E-state index in [4.69, 9.17) is 23.2 Å². The molecule has 0 heterocycles. The molecular formula is C16H17Cl2NO. The molecule has 20 heavy (non-hydrogen) atoms. The third-order valence-corrected chi connectivity index (χ3v) is 3.78. The molecule has 0 aliphatic heterocycles. The van der Waals surface area contributed by atoms with Crippen molar-refractivity contribution in [1.82, 2.24) is 0 Å². The molecule has 0 spiro atoms. The zero-order chi connectivity index (χ0) is 14.5. The zero-order valence-corrected chi connectivity index (χ0v) is 12.7.